The molecule has 0 radical (unpaired) electrons. The molecule has 0 amide bonds. The summed E-state index contributed by atoms with van der Waals surface area (Å²) in [5.41, 5.74) is 18.3. The van der Waals surface area contributed by atoms with Gasteiger partial charge in [-0.15, -0.1) is 0 Å². The molecule has 0 aliphatic rings. The van der Waals surface area contributed by atoms with E-state index in [1.807, 2.05) is 72.8 Å². The first kappa shape index (κ1) is 50.6. The van der Waals surface area contributed by atoms with E-state index >= 15 is 0 Å². The van der Waals surface area contributed by atoms with Gasteiger partial charge in [0.25, 0.3) is 0 Å². The molecule has 15 aromatic rings. The fraction of sp³-hybridized carbons (Fsp3) is 0. The number of hydrogen-bond donors (Lipinski definition) is 0. The van der Waals surface area contributed by atoms with Gasteiger partial charge in [-0.1, -0.05) is 242 Å². The van der Waals surface area contributed by atoms with Crippen LogP contribution in [-0.4, -0.2) is 9.13 Å². The zero-order chi connectivity index (χ0) is 56.1. The molecule has 0 spiro atoms. The van der Waals surface area contributed by atoms with Crippen LogP contribution in [0.5, 0.6) is 23.0 Å². The van der Waals surface area contributed by atoms with E-state index in [-0.39, 0.29) is 0 Å². The summed E-state index contributed by atoms with van der Waals surface area (Å²) in [6.07, 6.45) is 0. The van der Waals surface area contributed by atoms with Gasteiger partial charge in [0, 0.05) is 33.7 Å². The van der Waals surface area contributed by atoms with Crippen LogP contribution in [0.4, 0.5) is 0 Å². The molecule has 15 rings (SSSR count). The zero-order valence-electron chi connectivity index (χ0n) is 45.3. The molecule has 0 unspecified atom stereocenters. The molecule has 13 aromatic carbocycles. The van der Waals surface area contributed by atoms with Crippen molar-refractivity contribution in [3.05, 3.63) is 313 Å². The summed E-state index contributed by atoms with van der Waals surface area (Å²) >= 11 is 14.6. The van der Waals surface area contributed by atoms with Gasteiger partial charge < -0.3 is 18.6 Å². The number of halogens is 2. The van der Waals surface area contributed by atoms with E-state index in [0.717, 1.165) is 122 Å². The summed E-state index contributed by atoms with van der Waals surface area (Å²) in [6.45, 7) is 0. The number of hydrogen-bond acceptors (Lipinski definition) is 2. The van der Waals surface area contributed by atoms with Gasteiger partial charge in [0.2, 0.25) is 0 Å². The van der Waals surface area contributed by atoms with Crippen LogP contribution in [0, 0.1) is 0 Å². The number of benzene rings is 13. The van der Waals surface area contributed by atoms with Gasteiger partial charge >= 0.3 is 0 Å². The molecule has 0 saturated carbocycles. The van der Waals surface area contributed by atoms with Crippen LogP contribution in [0.15, 0.2) is 303 Å². The summed E-state index contributed by atoms with van der Waals surface area (Å²) in [6, 6.07) is 106. The largest absolute Gasteiger partial charge is 0.453 e. The first-order valence-corrected chi connectivity index (χ1v) is 28.8. The summed E-state index contributed by atoms with van der Waals surface area (Å²) in [5.74, 6) is 2.09. The Balaban J connectivity index is 1.05. The minimum atomic E-state index is 0.466. The standard InChI is InChI=1S/C78H50Cl2N2O2/c79-67-37-31-61(55-27-15-5-16-28-55)47-75(67)83-77-50-74(82-71-41-35-59(53-23-11-3-12-24-53)45-65(71)66-46-60(36-42-72(66)82)54-25-13-4-14-26-54)78(84-76-48-62(32-38-68(76)80)56-29-17-6-18-30-56)49-73(77)81-69-39-33-57(51-19-7-1-8-20-51)43-63(69)64-44-58(34-40-70(64)81)52-21-9-2-10-22-52/h1-50H. The highest BCUT2D eigenvalue weighted by molar-refractivity contribution is 6.32. The summed E-state index contributed by atoms with van der Waals surface area (Å²) in [5, 5.41) is 5.25. The van der Waals surface area contributed by atoms with Crippen molar-refractivity contribution in [3.63, 3.8) is 0 Å². The molecule has 2 aromatic heterocycles. The molecule has 0 N–H and O–H groups in total. The van der Waals surface area contributed by atoms with Crippen molar-refractivity contribution >= 4 is 66.8 Å². The lowest BCUT2D eigenvalue weighted by Crippen LogP contribution is -2.04. The summed E-state index contributed by atoms with van der Waals surface area (Å²) < 4.78 is 19.6. The van der Waals surface area contributed by atoms with Crippen molar-refractivity contribution < 1.29 is 9.47 Å². The SMILES string of the molecule is Clc1ccc(-c2ccccc2)cc1Oc1cc(-n2c3ccc(-c4ccccc4)cc3c3cc(-c4ccccc4)ccc32)c(Oc2cc(-c3ccccc3)ccc2Cl)cc1-n1c2ccc(-c3ccccc3)cc2c2cc(-c3ccccc3)ccc21. The van der Waals surface area contributed by atoms with Gasteiger partial charge in [-0.2, -0.15) is 0 Å². The highest BCUT2D eigenvalue weighted by Crippen LogP contribution is 2.49. The molecule has 0 saturated heterocycles. The van der Waals surface area contributed by atoms with Crippen molar-refractivity contribution in [1.29, 1.82) is 0 Å². The molecular formula is C78H50Cl2N2O2. The smallest absolute Gasteiger partial charge is 0.153 e. The van der Waals surface area contributed by atoms with E-state index in [1.54, 1.807) is 0 Å². The number of nitrogens with zero attached hydrogens (tertiary/aromatic N) is 2. The van der Waals surface area contributed by atoms with Gasteiger partial charge in [-0.05, 0) is 140 Å². The quantitative estimate of drug-likeness (QED) is 0.122. The number of ether oxygens (including phenoxy) is 2. The Morgan fingerprint density at radius 1 is 0.202 bits per heavy atom. The van der Waals surface area contributed by atoms with Crippen LogP contribution in [-0.2, 0) is 0 Å². The van der Waals surface area contributed by atoms with Gasteiger partial charge in [-0.3, -0.25) is 0 Å². The molecule has 0 aliphatic heterocycles. The monoisotopic (exact) mass is 1120 g/mol. The fourth-order valence-electron chi connectivity index (χ4n) is 11.9. The molecule has 0 atom stereocenters. The second-order valence-corrected chi connectivity index (χ2v) is 21.9. The molecule has 84 heavy (non-hydrogen) atoms. The van der Waals surface area contributed by atoms with Crippen LogP contribution in [0.3, 0.4) is 0 Å². The van der Waals surface area contributed by atoms with Crippen molar-refractivity contribution in [2.24, 2.45) is 0 Å². The zero-order valence-corrected chi connectivity index (χ0v) is 46.8. The lowest BCUT2D eigenvalue weighted by molar-refractivity contribution is 0.466. The third kappa shape index (κ3) is 9.34. The van der Waals surface area contributed by atoms with Crippen LogP contribution in [0.2, 0.25) is 10.0 Å². The van der Waals surface area contributed by atoms with Gasteiger partial charge in [0.15, 0.2) is 11.5 Å². The Labute approximate surface area is 496 Å². The topological polar surface area (TPSA) is 28.3 Å². The van der Waals surface area contributed by atoms with Crippen LogP contribution >= 0.6 is 23.2 Å². The molecule has 0 bridgehead atoms. The molecule has 4 nitrogen and oxygen atoms in total. The maximum atomic E-state index is 7.49. The van der Waals surface area contributed by atoms with Crippen molar-refractivity contribution in [2.45, 2.75) is 0 Å². The van der Waals surface area contributed by atoms with Gasteiger partial charge in [-0.25, -0.2) is 0 Å². The van der Waals surface area contributed by atoms with Crippen LogP contribution < -0.4 is 9.47 Å². The van der Waals surface area contributed by atoms with E-state index < -0.39 is 0 Å². The number of aromatic nitrogens is 2. The highest BCUT2D eigenvalue weighted by atomic mass is 35.5. The first-order chi connectivity index (χ1) is 41.5. The minimum Gasteiger partial charge on any atom is -0.453 e. The van der Waals surface area contributed by atoms with E-state index in [4.69, 9.17) is 32.7 Å². The maximum Gasteiger partial charge on any atom is 0.153 e. The molecule has 2 heterocycles. The molecule has 0 fully saturated rings. The molecular weight excluding hydrogens is 1070 g/mol. The van der Waals surface area contributed by atoms with E-state index in [9.17, 15) is 0 Å². The molecule has 398 valence electrons. The van der Waals surface area contributed by atoms with E-state index in [1.165, 1.54) is 0 Å². The Morgan fingerprint density at radius 2 is 0.429 bits per heavy atom. The van der Waals surface area contributed by atoms with E-state index in [0.29, 0.717) is 33.0 Å². The van der Waals surface area contributed by atoms with E-state index in [2.05, 4.69) is 240 Å². The number of rotatable bonds is 12. The lowest BCUT2D eigenvalue weighted by atomic mass is 10.0. The Kier molecular flexibility index (Phi) is 13.0. The highest BCUT2D eigenvalue weighted by Gasteiger charge is 2.26. The average Bonchev–Trinajstić information content (AvgIpc) is 1.91. The van der Waals surface area contributed by atoms with Crippen molar-refractivity contribution in [1.82, 2.24) is 9.13 Å². The van der Waals surface area contributed by atoms with Crippen LogP contribution in [0.1, 0.15) is 0 Å². The van der Waals surface area contributed by atoms with Crippen molar-refractivity contribution in [2.75, 3.05) is 0 Å². The predicted octanol–water partition coefficient (Wildman–Crippen LogP) is 22.8. The van der Waals surface area contributed by atoms with Gasteiger partial charge in [0.05, 0.1) is 43.5 Å². The normalized spacial score (nSPS) is 11.5. The predicted molar refractivity (Wildman–Crippen MR) is 351 cm³/mol. The first-order valence-electron chi connectivity index (χ1n) is 28.1. The summed E-state index contributed by atoms with van der Waals surface area (Å²) in [4.78, 5) is 0. The third-order valence-electron chi connectivity index (χ3n) is 16.0. The fourth-order valence-corrected chi connectivity index (χ4v) is 12.2. The lowest BCUT2D eigenvalue weighted by Gasteiger charge is -2.22. The average molecular weight is 1120 g/mol. The van der Waals surface area contributed by atoms with Gasteiger partial charge in [0.1, 0.15) is 11.5 Å². The Hall–Kier alpha value is -10.4. The molecule has 6 heteroatoms. The van der Waals surface area contributed by atoms with Crippen molar-refractivity contribution in [3.8, 4) is 101 Å². The minimum absolute atomic E-state index is 0.466. The summed E-state index contributed by atoms with van der Waals surface area (Å²) in [7, 11) is 0. The Morgan fingerprint density at radius 3 is 0.679 bits per heavy atom. The third-order valence-corrected chi connectivity index (χ3v) is 16.6. The second-order valence-electron chi connectivity index (χ2n) is 21.1. The Bertz CT molecular complexity index is 4440. The maximum absolute atomic E-state index is 7.49. The molecule has 0 aliphatic carbocycles. The second kappa shape index (κ2) is 21.5. The van der Waals surface area contributed by atoms with Crippen LogP contribution in [0.25, 0.3) is 122 Å². The number of fused-ring (bicyclic) bond motifs is 6.